The van der Waals surface area contributed by atoms with Crippen LogP contribution in [-0.4, -0.2) is 39.5 Å². The molecular formula is C20H25ClN4O4S. The molecule has 1 fully saturated rings. The summed E-state index contributed by atoms with van der Waals surface area (Å²) in [5, 5.41) is 7.51. The SMILES string of the molecule is COc1c(OS(=O)(=O)c2cccc(N)c2Cl)cc(C)cc1C1CCN(C(=N)N)CC1. The van der Waals surface area contributed by atoms with E-state index >= 15 is 0 Å². The second kappa shape index (κ2) is 8.61. The Bertz CT molecular complexity index is 1070. The Hall–Kier alpha value is -2.65. The minimum Gasteiger partial charge on any atom is -0.492 e. The Morgan fingerprint density at radius 2 is 1.93 bits per heavy atom. The first kappa shape index (κ1) is 22.0. The van der Waals surface area contributed by atoms with E-state index in [4.69, 9.17) is 37.4 Å². The number of nitrogens with two attached hydrogens (primary N) is 2. The number of nitrogens with zero attached hydrogens (tertiary/aromatic N) is 1. The lowest BCUT2D eigenvalue weighted by Gasteiger charge is -2.33. The molecule has 0 unspecified atom stereocenters. The van der Waals surface area contributed by atoms with Gasteiger partial charge in [-0.05, 0) is 49.4 Å². The standard InChI is InChI=1S/C20H25ClN4O4S/c1-12-10-14(13-6-8-25(9-7-13)20(23)24)19(28-2)16(11-12)29-30(26,27)17-5-3-4-15(22)18(17)21/h3-5,10-11,13H,6-9,22H2,1-2H3,(H3,23,24). The molecule has 0 bridgehead atoms. The Balaban J connectivity index is 1.96. The van der Waals surface area contributed by atoms with Crippen LogP contribution < -0.4 is 20.4 Å². The van der Waals surface area contributed by atoms with Gasteiger partial charge in [-0.25, -0.2) is 0 Å². The predicted molar refractivity (Wildman–Crippen MR) is 117 cm³/mol. The zero-order valence-corrected chi connectivity index (χ0v) is 18.4. The molecule has 1 aliphatic rings. The summed E-state index contributed by atoms with van der Waals surface area (Å²) in [5.41, 5.74) is 13.2. The first-order chi connectivity index (χ1) is 14.1. The fourth-order valence-corrected chi connectivity index (χ4v) is 5.11. The molecule has 1 saturated heterocycles. The third-order valence-electron chi connectivity index (χ3n) is 5.17. The summed E-state index contributed by atoms with van der Waals surface area (Å²) in [6.45, 7) is 3.15. The summed E-state index contributed by atoms with van der Waals surface area (Å²) in [6, 6.07) is 7.94. The molecular weight excluding hydrogens is 428 g/mol. The molecule has 0 amide bonds. The average molecular weight is 453 g/mol. The van der Waals surface area contributed by atoms with Crippen molar-refractivity contribution in [2.45, 2.75) is 30.6 Å². The van der Waals surface area contributed by atoms with E-state index in [0.29, 0.717) is 18.8 Å². The molecule has 2 aromatic rings. The third-order valence-corrected chi connectivity index (χ3v) is 6.98. The number of likely N-dealkylation sites (tertiary alicyclic amines) is 1. The number of piperidine rings is 1. The van der Waals surface area contributed by atoms with Crippen LogP contribution in [0.5, 0.6) is 11.5 Å². The fraction of sp³-hybridized carbons (Fsp3) is 0.350. The van der Waals surface area contributed by atoms with E-state index in [1.807, 2.05) is 17.9 Å². The first-order valence-electron chi connectivity index (χ1n) is 9.40. The van der Waals surface area contributed by atoms with Crippen molar-refractivity contribution >= 4 is 33.4 Å². The van der Waals surface area contributed by atoms with Gasteiger partial charge in [0.15, 0.2) is 17.5 Å². The van der Waals surface area contributed by atoms with Crippen LogP contribution in [0.3, 0.4) is 0 Å². The van der Waals surface area contributed by atoms with Crippen molar-refractivity contribution in [3.8, 4) is 11.5 Å². The average Bonchev–Trinajstić information content (AvgIpc) is 2.69. The highest BCUT2D eigenvalue weighted by atomic mass is 35.5. The van der Waals surface area contributed by atoms with Crippen LogP contribution in [-0.2, 0) is 10.1 Å². The molecule has 0 saturated carbocycles. The Morgan fingerprint density at radius 1 is 1.27 bits per heavy atom. The summed E-state index contributed by atoms with van der Waals surface area (Å²) in [6.07, 6.45) is 1.51. The second-order valence-electron chi connectivity index (χ2n) is 7.23. The van der Waals surface area contributed by atoms with Crippen LogP contribution in [0, 0.1) is 12.3 Å². The molecule has 10 heteroatoms. The number of anilines is 1. The zero-order chi connectivity index (χ0) is 22.1. The number of hydrogen-bond acceptors (Lipinski definition) is 6. The van der Waals surface area contributed by atoms with Gasteiger partial charge in [0.1, 0.15) is 4.90 Å². The molecule has 8 nitrogen and oxygen atoms in total. The molecule has 0 aromatic heterocycles. The van der Waals surface area contributed by atoms with E-state index in [1.54, 1.807) is 6.07 Å². The molecule has 2 aromatic carbocycles. The van der Waals surface area contributed by atoms with Crippen LogP contribution in [0.1, 0.15) is 29.9 Å². The van der Waals surface area contributed by atoms with Crippen LogP contribution in [0.25, 0.3) is 0 Å². The molecule has 1 heterocycles. The van der Waals surface area contributed by atoms with Crippen molar-refractivity contribution in [1.82, 2.24) is 4.90 Å². The number of guanidine groups is 1. The van der Waals surface area contributed by atoms with Crippen molar-refractivity contribution in [2.24, 2.45) is 5.73 Å². The molecule has 30 heavy (non-hydrogen) atoms. The maximum atomic E-state index is 12.9. The van der Waals surface area contributed by atoms with Gasteiger partial charge in [-0.3, -0.25) is 5.41 Å². The number of nitrogen functional groups attached to an aromatic ring is 1. The lowest BCUT2D eigenvalue weighted by atomic mass is 9.88. The van der Waals surface area contributed by atoms with Crippen molar-refractivity contribution in [1.29, 1.82) is 5.41 Å². The summed E-state index contributed by atoms with van der Waals surface area (Å²) < 4.78 is 36.8. The molecule has 0 aliphatic carbocycles. The van der Waals surface area contributed by atoms with E-state index in [2.05, 4.69) is 0 Å². The Kier molecular flexibility index (Phi) is 6.33. The Morgan fingerprint density at radius 3 is 2.53 bits per heavy atom. The third kappa shape index (κ3) is 4.41. The molecule has 3 rings (SSSR count). The molecule has 0 atom stereocenters. The summed E-state index contributed by atoms with van der Waals surface area (Å²) in [5.74, 6) is 0.640. The highest BCUT2D eigenvalue weighted by molar-refractivity contribution is 7.87. The van der Waals surface area contributed by atoms with Gasteiger partial charge in [-0.1, -0.05) is 23.7 Å². The first-order valence-corrected chi connectivity index (χ1v) is 11.2. The number of aryl methyl sites for hydroxylation is 1. The van der Waals surface area contributed by atoms with E-state index < -0.39 is 10.1 Å². The van der Waals surface area contributed by atoms with E-state index in [1.165, 1.54) is 25.3 Å². The fourth-order valence-electron chi connectivity index (χ4n) is 3.67. The summed E-state index contributed by atoms with van der Waals surface area (Å²) >= 11 is 6.09. The zero-order valence-electron chi connectivity index (χ0n) is 16.8. The molecule has 1 aliphatic heterocycles. The smallest absolute Gasteiger partial charge is 0.340 e. The van der Waals surface area contributed by atoms with E-state index in [0.717, 1.165) is 24.0 Å². The van der Waals surface area contributed by atoms with E-state index in [9.17, 15) is 8.42 Å². The summed E-state index contributed by atoms with van der Waals surface area (Å²) in [7, 11) is -2.75. The lowest BCUT2D eigenvalue weighted by Crippen LogP contribution is -2.41. The van der Waals surface area contributed by atoms with Crippen LogP contribution in [0.15, 0.2) is 35.2 Å². The Labute approximate surface area is 181 Å². The van der Waals surface area contributed by atoms with Gasteiger partial charge in [-0.15, -0.1) is 0 Å². The molecule has 5 N–H and O–H groups in total. The van der Waals surface area contributed by atoms with Crippen molar-refractivity contribution in [3.05, 3.63) is 46.5 Å². The van der Waals surface area contributed by atoms with Crippen molar-refractivity contribution in [2.75, 3.05) is 25.9 Å². The van der Waals surface area contributed by atoms with Gasteiger partial charge in [0.2, 0.25) is 0 Å². The van der Waals surface area contributed by atoms with Gasteiger partial charge in [-0.2, -0.15) is 8.42 Å². The minimum atomic E-state index is -4.23. The van der Waals surface area contributed by atoms with Crippen LogP contribution in [0.2, 0.25) is 5.02 Å². The van der Waals surface area contributed by atoms with Gasteiger partial charge in [0.05, 0.1) is 17.8 Å². The number of methoxy groups -OCH3 is 1. The number of nitrogens with one attached hydrogen (secondary N) is 1. The molecule has 0 spiro atoms. The number of hydrogen-bond donors (Lipinski definition) is 3. The summed E-state index contributed by atoms with van der Waals surface area (Å²) in [4.78, 5) is 1.60. The number of ether oxygens (including phenoxy) is 1. The van der Waals surface area contributed by atoms with Gasteiger partial charge < -0.3 is 25.3 Å². The minimum absolute atomic E-state index is 0.0544. The van der Waals surface area contributed by atoms with Crippen LogP contribution >= 0.6 is 11.6 Å². The normalized spacial score (nSPS) is 15.1. The largest absolute Gasteiger partial charge is 0.492 e. The quantitative estimate of drug-likeness (QED) is 0.275. The highest BCUT2D eigenvalue weighted by Crippen LogP contribution is 2.42. The van der Waals surface area contributed by atoms with Gasteiger partial charge in [0.25, 0.3) is 0 Å². The van der Waals surface area contributed by atoms with Crippen molar-refractivity contribution < 1.29 is 17.3 Å². The van der Waals surface area contributed by atoms with Gasteiger partial charge in [0, 0.05) is 18.7 Å². The molecule has 0 radical (unpaired) electrons. The van der Waals surface area contributed by atoms with Crippen LogP contribution in [0.4, 0.5) is 5.69 Å². The monoisotopic (exact) mass is 452 g/mol. The highest BCUT2D eigenvalue weighted by Gasteiger charge is 2.28. The topological polar surface area (TPSA) is 132 Å². The predicted octanol–water partition coefficient (Wildman–Crippen LogP) is 3.08. The maximum Gasteiger partial charge on any atom is 0.340 e. The second-order valence-corrected chi connectivity index (χ2v) is 9.12. The molecule has 162 valence electrons. The lowest BCUT2D eigenvalue weighted by molar-refractivity contribution is 0.301. The van der Waals surface area contributed by atoms with Gasteiger partial charge >= 0.3 is 10.1 Å². The number of halogens is 1. The van der Waals surface area contributed by atoms with E-state index in [-0.39, 0.29) is 33.2 Å². The number of benzene rings is 2. The number of rotatable bonds is 5. The maximum absolute atomic E-state index is 12.9. The van der Waals surface area contributed by atoms with Crippen molar-refractivity contribution in [3.63, 3.8) is 0 Å².